The molecule has 2 rings (SSSR count). The number of rotatable bonds is 2. The van der Waals surface area contributed by atoms with Crippen LogP contribution in [0.25, 0.3) is 0 Å². The largest absolute Gasteiger partial charge is 0.481 e. The number of anilines is 1. The van der Waals surface area contributed by atoms with E-state index in [2.05, 4.69) is 5.32 Å². The quantitative estimate of drug-likeness (QED) is 0.835. The van der Waals surface area contributed by atoms with Gasteiger partial charge in [-0.15, -0.1) is 0 Å². The zero-order valence-electron chi connectivity index (χ0n) is 11.1. The molecule has 19 heavy (non-hydrogen) atoms. The maximum absolute atomic E-state index is 12.3. The fourth-order valence-electron chi connectivity index (χ4n) is 2.21. The van der Waals surface area contributed by atoms with Crippen molar-refractivity contribution in [2.75, 3.05) is 18.0 Å². The zero-order chi connectivity index (χ0) is 14.0. The first kappa shape index (κ1) is 13.5. The van der Waals surface area contributed by atoms with Gasteiger partial charge in [0.15, 0.2) is 0 Å². The average molecular weight is 262 g/mol. The number of hydrogen-bond acceptors (Lipinski definition) is 3. The van der Waals surface area contributed by atoms with Gasteiger partial charge in [0.2, 0.25) is 5.91 Å². The highest BCUT2D eigenvalue weighted by molar-refractivity contribution is 5.98. The molecule has 2 unspecified atom stereocenters. The van der Waals surface area contributed by atoms with Gasteiger partial charge in [-0.1, -0.05) is 12.1 Å². The predicted octanol–water partition coefficient (Wildman–Crippen LogP) is 1.02. The highest BCUT2D eigenvalue weighted by Gasteiger charge is 2.32. The summed E-state index contributed by atoms with van der Waals surface area (Å²) in [6, 6.07) is 7.18. The minimum atomic E-state index is -0.882. The van der Waals surface area contributed by atoms with E-state index in [1.54, 1.807) is 11.8 Å². The summed E-state index contributed by atoms with van der Waals surface area (Å²) < 4.78 is 0. The third kappa shape index (κ3) is 2.93. The van der Waals surface area contributed by atoms with Crippen molar-refractivity contribution in [1.29, 1.82) is 0 Å². The molecule has 1 saturated heterocycles. The normalized spacial score (nSPS) is 24.1. The van der Waals surface area contributed by atoms with Crippen LogP contribution in [0.15, 0.2) is 24.3 Å². The number of nitrogens with zero attached hydrogens (tertiary/aromatic N) is 1. The topological polar surface area (TPSA) is 69.6 Å². The Bertz CT molecular complexity index is 501. The maximum atomic E-state index is 12.3. The van der Waals surface area contributed by atoms with Gasteiger partial charge >= 0.3 is 5.97 Å². The number of benzene rings is 1. The summed E-state index contributed by atoms with van der Waals surface area (Å²) in [6.07, 6.45) is 0. The molecule has 0 saturated carbocycles. The molecule has 0 bridgehead atoms. The van der Waals surface area contributed by atoms with Gasteiger partial charge in [0, 0.05) is 18.8 Å². The van der Waals surface area contributed by atoms with Gasteiger partial charge in [0.05, 0.1) is 12.0 Å². The fraction of sp³-hybridized carbons (Fsp3) is 0.429. The van der Waals surface area contributed by atoms with Gasteiger partial charge in [-0.2, -0.15) is 0 Å². The van der Waals surface area contributed by atoms with Crippen molar-refractivity contribution >= 4 is 17.6 Å². The van der Waals surface area contributed by atoms with E-state index >= 15 is 0 Å². The average Bonchev–Trinajstić information content (AvgIpc) is 2.51. The van der Waals surface area contributed by atoms with Crippen LogP contribution >= 0.6 is 0 Å². The number of aryl methyl sites for hydroxylation is 1. The number of nitrogens with one attached hydrogen (secondary N) is 1. The molecule has 1 aromatic rings. The Morgan fingerprint density at radius 2 is 2.21 bits per heavy atom. The Morgan fingerprint density at radius 1 is 1.47 bits per heavy atom. The van der Waals surface area contributed by atoms with Crippen LogP contribution in [0.2, 0.25) is 0 Å². The van der Waals surface area contributed by atoms with Crippen LogP contribution in [0.4, 0.5) is 5.69 Å². The van der Waals surface area contributed by atoms with Gasteiger partial charge in [0.25, 0.3) is 0 Å². The first-order valence-corrected chi connectivity index (χ1v) is 6.33. The molecule has 102 valence electrons. The molecule has 1 heterocycles. The number of carbonyl (C=O) groups is 2. The van der Waals surface area contributed by atoms with E-state index in [1.165, 1.54) is 0 Å². The number of carboxylic acid groups (broad SMARTS) is 1. The summed E-state index contributed by atoms with van der Waals surface area (Å²) >= 11 is 0. The first-order valence-electron chi connectivity index (χ1n) is 6.33. The Balaban J connectivity index is 2.33. The van der Waals surface area contributed by atoms with Crippen LogP contribution in [-0.2, 0) is 9.59 Å². The highest BCUT2D eigenvalue weighted by atomic mass is 16.4. The predicted molar refractivity (Wildman–Crippen MR) is 72.1 cm³/mol. The van der Waals surface area contributed by atoms with Crippen molar-refractivity contribution in [3.63, 3.8) is 0 Å². The lowest BCUT2D eigenvalue weighted by atomic mass is 10.1. The molecule has 0 aromatic heterocycles. The number of aliphatic carboxylic acids is 1. The van der Waals surface area contributed by atoms with Crippen molar-refractivity contribution in [2.24, 2.45) is 5.92 Å². The minimum absolute atomic E-state index is 0.0886. The summed E-state index contributed by atoms with van der Waals surface area (Å²) in [5, 5.41) is 12.1. The standard InChI is InChI=1S/C14H18N2O3/c1-9-4-3-5-12(6-9)16-8-11(14(18)19)7-15-10(2)13(16)17/h3-6,10-11,15H,7-8H2,1-2H3,(H,18,19). The van der Waals surface area contributed by atoms with Gasteiger partial charge in [-0.25, -0.2) is 0 Å². The fourth-order valence-corrected chi connectivity index (χ4v) is 2.21. The Morgan fingerprint density at radius 3 is 2.84 bits per heavy atom. The summed E-state index contributed by atoms with van der Waals surface area (Å²) in [7, 11) is 0. The summed E-state index contributed by atoms with van der Waals surface area (Å²) in [4.78, 5) is 25.0. The molecule has 1 amide bonds. The van der Waals surface area contributed by atoms with E-state index in [4.69, 9.17) is 0 Å². The first-order chi connectivity index (χ1) is 8.99. The number of carbonyl (C=O) groups excluding carboxylic acids is 1. The molecular weight excluding hydrogens is 244 g/mol. The molecule has 0 radical (unpaired) electrons. The third-order valence-electron chi connectivity index (χ3n) is 3.37. The van der Waals surface area contributed by atoms with E-state index < -0.39 is 11.9 Å². The van der Waals surface area contributed by atoms with Gasteiger partial charge < -0.3 is 15.3 Å². The lowest BCUT2D eigenvalue weighted by Gasteiger charge is -2.24. The van der Waals surface area contributed by atoms with Gasteiger partial charge in [-0.3, -0.25) is 9.59 Å². The lowest BCUT2D eigenvalue weighted by molar-refractivity contribution is -0.141. The van der Waals surface area contributed by atoms with Crippen molar-refractivity contribution in [1.82, 2.24) is 5.32 Å². The van der Waals surface area contributed by atoms with Crippen molar-refractivity contribution in [3.05, 3.63) is 29.8 Å². The molecule has 1 fully saturated rings. The maximum Gasteiger partial charge on any atom is 0.309 e. The van der Waals surface area contributed by atoms with Crippen molar-refractivity contribution in [2.45, 2.75) is 19.9 Å². The molecule has 1 aromatic carbocycles. The second-order valence-corrected chi connectivity index (χ2v) is 4.95. The van der Waals surface area contributed by atoms with Crippen LogP contribution in [-0.4, -0.2) is 36.1 Å². The van der Waals surface area contributed by atoms with E-state index in [1.807, 2.05) is 31.2 Å². The van der Waals surface area contributed by atoms with Gasteiger partial charge in [0.1, 0.15) is 0 Å². The molecular formula is C14H18N2O3. The summed E-state index contributed by atoms with van der Waals surface area (Å²) in [5.41, 5.74) is 1.80. The highest BCUT2D eigenvalue weighted by Crippen LogP contribution is 2.20. The molecule has 2 N–H and O–H groups in total. The minimum Gasteiger partial charge on any atom is -0.481 e. The molecule has 0 aliphatic carbocycles. The lowest BCUT2D eigenvalue weighted by Crippen LogP contribution is -2.42. The van der Waals surface area contributed by atoms with E-state index in [0.717, 1.165) is 11.3 Å². The summed E-state index contributed by atoms with van der Waals surface area (Å²) in [6.45, 7) is 4.22. The second-order valence-electron chi connectivity index (χ2n) is 4.95. The number of carboxylic acids is 1. The van der Waals surface area contributed by atoms with Crippen molar-refractivity contribution < 1.29 is 14.7 Å². The number of hydrogen-bond donors (Lipinski definition) is 2. The van der Waals surface area contributed by atoms with E-state index in [-0.39, 0.29) is 18.5 Å². The van der Waals surface area contributed by atoms with Crippen LogP contribution < -0.4 is 10.2 Å². The molecule has 1 aliphatic rings. The van der Waals surface area contributed by atoms with Crippen LogP contribution in [0, 0.1) is 12.8 Å². The molecule has 5 heteroatoms. The SMILES string of the molecule is Cc1cccc(N2CC(C(=O)O)CNC(C)C2=O)c1. The smallest absolute Gasteiger partial charge is 0.309 e. The molecule has 1 aliphatic heterocycles. The van der Waals surface area contributed by atoms with E-state index in [9.17, 15) is 14.7 Å². The van der Waals surface area contributed by atoms with Crippen molar-refractivity contribution in [3.8, 4) is 0 Å². The van der Waals surface area contributed by atoms with Gasteiger partial charge in [-0.05, 0) is 31.5 Å². The third-order valence-corrected chi connectivity index (χ3v) is 3.37. The van der Waals surface area contributed by atoms with E-state index in [0.29, 0.717) is 6.54 Å². The monoisotopic (exact) mass is 262 g/mol. The number of amides is 1. The second kappa shape index (κ2) is 5.40. The Labute approximate surface area is 112 Å². The molecule has 5 nitrogen and oxygen atoms in total. The van der Waals surface area contributed by atoms with Crippen LogP contribution in [0.3, 0.4) is 0 Å². The Hall–Kier alpha value is -1.88. The zero-order valence-corrected chi connectivity index (χ0v) is 11.1. The van der Waals surface area contributed by atoms with Crippen LogP contribution in [0.1, 0.15) is 12.5 Å². The molecule has 2 atom stereocenters. The molecule has 0 spiro atoms. The summed E-state index contributed by atoms with van der Waals surface area (Å²) in [5.74, 6) is -1.56. The van der Waals surface area contributed by atoms with Crippen LogP contribution in [0.5, 0.6) is 0 Å². The Kier molecular flexibility index (Phi) is 3.85.